The van der Waals surface area contributed by atoms with Gasteiger partial charge in [-0.05, 0) is 43.7 Å². The molecule has 2 N–H and O–H groups in total. The number of hydrogen-bond donors (Lipinski definition) is 1. The van der Waals surface area contributed by atoms with E-state index in [1.165, 1.54) is 0 Å². The van der Waals surface area contributed by atoms with Crippen LogP contribution >= 0.6 is 23.2 Å². The van der Waals surface area contributed by atoms with E-state index in [9.17, 15) is 0 Å². The Bertz CT molecular complexity index is 570. The maximum Gasteiger partial charge on any atom is 0.132 e. The Hall–Kier alpha value is -1.22. The van der Waals surface area contributed by atoms with Crippen LogP contribution in [-0.4, -0.2) is 6.04 Å². The molecule has 0 spiro atoms. The van der Waals surface area contributed by atoms with Crippen molar-refractivity contribution in [2.75, 3.05) is 0 Å². The van der Waals surface area contributed by atoms with Crippen molar-refractivity contribution < 1.29 is 4.74 Å². The fraction of sp³-hybridized carbons (Fsp3) is 0.200. The van der Waals surface area contributed by atoms with Crippen LogP contribution in [0.5, 0.6) is 11.5 Å². The Morgan fingerprint density at radius 1 is 1.16 bits per heavy atom. The SMILES string of the molecule is CC(N)Cc1c(Cl)cccc1Oc1cccc(Cl)c1. The fourth-order valence-corrected chi connectivity index (χ4v) is 2.24. The molecule has 0 saturated heterocycles. The summed E-state index contributed by atoms with van der Waals surface area (Å²) in [5.74, 6) is 1.40. The highest BCUT2D eigenvalue weighted by Gasteiger charge is 2.11. The third-order valence-electron chi connectivity index (χ3n) is 2.63. The van der Waals surface area contributed by atoms with Gasteiger partial charge in [-0.25, -0.2) is 0 Å². The molecule has 0 amide bonds. The van der Waals surface area contributed by atoms with Gasteiger partial charge in [0.05, 0.1) is 0 Å². The average molecular weight is 296 g/mol. The van der Waals surface area contributed by atoms with Crippen molar-refractivity contribution in [1.29, 1.82) is 0 Å². The molecule has 2 nitrogen and oxygen atoms in total. The van der Waals surface area contributed by atoms with Crippen LogP contribution in [0, 0.1) is 0 Å². The summed E-state index contributed by atoms with van der Waals surface area (Å²) in [6, 6.07) is 12.8. The van der Waals surface area contributed by atoms with Gasteiger partial charge in [0, 0.05) is 21.7 Å². The lowest BCUT2D eigenvalue weighted by atomic mass is 10.1. The molecular weight excluding hydrogens is 281 g/mol. The van der Waals surface area contributed by atoms with E-state index in [-0.39, 0.29) is 6.04 Å². The van der Waals surface area contributed by atoms with Crippen molar-refractivity contribution in [2.24, 2.45) is 5.73 Å². The van der Waals surface area contributed by atoms with Crippen molar-refractivity contribution in [1.82, 2.24) is 0 Å². The van der Waals surface area contributed by atoms with Crippen LogP contribution < -0.4 is 10.5 Å². The Kier molecular flexibility index (Phi) is 4.70. The predicted octanol–water partition coefficient (Wildman–Crippen LogP) is 4.68. The van der Waals surface area contributed by atoms with Crippen LogP contribution in [0.1, 0.15) is 12.5 Å². The van der Waals surface area contributed by atoms with Crippen molar-refractivity contribution >= 4 is 23.2 Å². The lowest BCUT2D eigenvalue weighted by Crippen LogP contribution is -2.18. The summed E-state index contributed by atoms with van der Waals surface area (Å²) >= 11 is 12.1. The highest BCUT2D eigenvalue weighted by Crippen LogP contribution is 2.32. The predicted molar refractivity (Wildman–Crippen MR) is 80.3 cm³/mol. The van der Waals surface area contributed by atoms with Gasteiger partial charge in [0.1, 0.15) is 11.5 Å². The minimum absolute atomic E-state index is 0.0154. The summed E-state index contributed by atoms with van der Waals surface area (Å²) in [6.45, 7) is 1.94. The molecule has 1 atom stereocenters. The third kappa shape index (κ3) is 3.87. The standard InChI is InChI=1S/C15H15Cl2NO/c1-10(18)8-13-14(17)6-3-7-15(13)19-12-5-2-4-11(16)9-12/h2-7,9-10H,8,18H2,1H3. The molecule has 0 heterocycles. The Morgan fingerprint density at radius 2 is 1.89 bits per heavy atom. The van der Waals surface area contributed by atoms with E-state index in [0.29, 0.717) is 28.0 Å². The number of benzene rings is 2. The zero-order valence-electron chi connectivity index (χ0n) is 10.6. The zero-order chi connectivity index (χ0) is 13.8. The van der Waals surface area contributed by atoms with Crippen molar-refractivity contribution in [3.63, 3.8) is 0 Å². The van der Waals surface area contributed by atoms with Gasteiger partial charge in [0.15, 0.2) is 0 Å². The molecule has 0 aromatic heterocycles. The van der Waals surface area contributed by atoms with E-state index >= 15 is 0 Å². The van der Waals surface area contributed by atoms with Gasteiger partial charge in [-0.2, -0.15) is 0 Å². The maximum atomic E-state index is 6.21. The summed E-state index contributed by atoms with van der Waals surface area (Å²) < 4.78 is 5.85. The van der Waals surface area contributed by atoms with Crippen LogP contribution in [0.15, 0.2) is 42.5 Å². The lowest BCUT2D eigenvalue weighted by molar-refractivity contribution is 0.474. The highest BCUT2D eigenvalue weighted by atomic mass is 35.5. The van der Waals surface area contributed by atoms with Gasteiger partial charge in [0.2, 0.25) is 0 Å². The molecule has 2 aromatic rings. The number of ether oxygens (including phenoxy) is 1. The van der Waals surface area contributed by atoms with Crippen LogP contribution in [0.2, 0.25) is 10.0 Å². The topological polar surface area (TPSA) is 35.2 Å². The van der Waals surface area contributed by atoms with Gasteiger partial charge < -0.3 is 10.5 Å². The summed E-state index contributed by atoms with van der Waals surface area (Å²) in [5.41, 5.74) is 6.76. The Morgan fingerprint density at radius 3 is 2.58 bits per heavy atom. The second-order valence-corrected chi connectivity index (χ2v) is 5.30. The molecule has 4 heteroatoms. The maximum absolute atomic E-state index is 6.21. The summed E-state index contributed by atoms with van der Waals surface area (Å²) in [6.07, 6.45) is 0.662. The number of rotatable bonds is 4. The fourth-order valence-electron chi connectivity index (χ4n) is 1.81. The summed E-state index contributed by atoms with van der Waals surface area (Å²) in [4.78, 5) is 0. The molecule has 0 fully saturated rings. The first-order valence-electron chi connectivity index (χ1n) is 6.02. The minimum atomic E-state index is 0.0154. The molecule has 0 aliphatic carbocycles. The number of halogens is 2. The van der Waals surface area contributed by atoms with Gasteiger partial charge in [-0.15, -0.1) is 0 Å². The van der Waals surface area contributed by atoms with Crippen LogP contribution in [0.4, 0.5) is 0 Å². The van der Waals surface area contributed by atoms with Gasteiger partial charge in [-0.1, -0.05) is 35.3 Å². The smallest absolute Gasteiger partial charge is 0.132 e. The molecule has 0 bridgehead atoms. The molecule has 0 saturated carbocycles. The zero-order valence-corrected chi connectivity index (χ0v) is 12.1. The largest absolute Gasteiger partial charge is 0.457 e. The average Bonchev–Trinajstić information content (AvgIpc) is 2.33. The molecule has 19 heavy (non-hydrogen) atoms. The van der Waals surface area contributed by atoms with Gasteiger partial charge >= 0.3 is 0 Å². The van der Waals surface area contributed by atoms with E-state index in [2.05, 4.69) is 0 Å². The molecule has 0 radical (unpaired) electrons. The van der Waals surface area contributed by atoms with Crippen LogP contribution in [0.3, 0.4) is 0 Å². The summed E-state index contributed by atoms with van der Waals surface area (Å²) in [5, 5.41) is 1.30. The van der Waals surface area contributed by atoms with E-state index < -0.39 is 0 Å². The second kappa shape index (κ2) is 6.29. The Balaban J connectivity index is 2.31. The molecule has 2 aromatic carbocycles. The normalized spacial score (nSPS) is 12.2. The monoisotopic (exact) mass is 295 g/mol. The van der Waals surface area contributed by atoms with E-state index in [0.717, 1.165) is 5.56 Å². The molecule has 0 aliphatic heterocycles. The van der Waals surface area contributed by atoms with Crippen molar-refractivity contribution in [3.05, 3.63) is 58.1 Å². The quantitative estimate of drug-likeness (QED) is 0.889. The van der Waals surface area contributed by atoms with Crippen LogP contribution in [0.25, 0.3) is 0 Å². The highest BCUT2D eigenvalue weighted by molar-refractivity contribution is 6.31. The molecule has 2 rings (SSSR count). The first-order valence-corrected chi connectivity index (χ1v) is 6.78. The minimum Gasteiger partial charge on any atom is -0.457 e. The van der Waals surface area contributed by atoms with Crippen molar-refractivity contribution in [3.8, 4) is 11.5 Å². The van der Waals surface area contributed by atoms with E-state index in [1.54, 1.807) is 12.1 Å². The lowest BCUT2D eigenvalue weighted by Gasteiger charge is -2.14. The van der Waals surface area contributed by atoms with Crippen LogP contribution in [-0.2, 0) is 6.42 Å². The van der Waals surface area contributed by atoms with Gasteiger partial charge in [-0.3, -0.25) is 0 Å². The molecule has 0 aliphatic rings. The van der Waals surface area contributed by atoms with Crippen molar-refractivity contribution in [2.45, 2.75) is 19.4 Å². The molecular formula is C15H15Cl2NO. The van der Waals surface area contributed by atoms with E-state index in [1.807, 2.05) is 37.3 Å². The first kappa shape index (κ1) is 14.2. The molecule has 1 unspecified atom stereocenters. The Labute approximate surface area is 123 Å². The van der Waals surface area contributed by atoms with Gasteiger partial charge in [0.25, 0.3) is 0 Å². The second-order valence-electron chi connectivity index (χ2n) is 4.46. The molecule has 100 valence electrons. The number of nitrogens with two attached hydrogens (primary N) is 1. The summed E-state index contributed by atoms with van der Waals surface area (Å²) in [7, 11) is 0. The van der Waals surface area contributed by atoms with E-state index in [4.69, 9.17) is 33.7 Å². The first-order chi connectivity index (χ1) is 9.06. The third-order valence-corrected chi connectivity index (χ3v) is 3.22. The number of hydrogen-bond acceptors (Lipinski definition) is 2.